The monoisotopic (exact) mass is 437 g/mol. The molecule has 1 aromatic carbocycles. The topological polar surface area (TPSA) is 76.4 Å². The molecule has 172 valence electrons. The number of aliphatic hydroxyl groups is 1. The SMILES string of the molecule is CC1(C)C[C@H](n2c(NCCO)nc3c(c2=O)C2(CCCCC2)Cc2ccccc2-3)CCO1. The van der Waals surface area contributed by atoms with Crippen molar-refractivity contribution in [1.29, 1.82) is 0 Å². The maximum absolute atomic E-state index is 14.4. The summed E-state index contributed by atoms with van der Waals surface area (Å²) < 4.78 is 7.86. The van der Waals surface area contributed by atoms with Gasteiger partial charge in [0.2, 0.25) is 5.95 Å². The molecule has 5 rings (SSSR count). The second-order valence-electron chi connectivity index (χ2n) is 10.4. The van der Waals surface area contributed by atoms with E-state index in [0.717, 1.165) is 61.8 Å². The number of aromatic nitrogens is 2. The molecule has 0 unspecified atom stereocenters. The number of nitrogens with zero attached hydrogens (tertiary/aromatic N) is 2. The molecule has 1 spiro atoms. The zero-order valence-corrected chi connectivity index (χ0v) is 19.3. The maximum Gasteiger partial charge on any atom is 0.259 e. The summed E-state index contributed by atoms with van der Waals surface area (Å²) in [5, 5.41) is 12.7. The lowest BCUT2D eigenvalue weighted by Crippen LogP contribution is -2.46. The van der Waals surface area contributed by atoms with Crippen molar-refractivity contribution in [2.45, 2.75) is 82.3 Å². The Morgan fingerprint density at radius 2 is 2.00 bits per heavy atom. The molecule has 2 aromatic rings. The summed E-state index contributed by atoms with van der Waals surface area (Å²) in [6.07, 6.45) is 8.15. The van der Waals surface area contributed by atoms with Gasteiger partial charge >= 0.3 is 0 Å². The van der Waals surface area contributed by atoms with Crippen LogP contribution in [0.4, 0.5) is 5.95 Å². The Morgan fingerprint density at radius 1 is 1.22 bits per heavy atom. The number of anilines is 1. The minimum atomic E-state index is -0.276. The lowest BCUT2D eigenvalue weighted by molar-refractivity contribution is -0.0694. The largest absolute Gasteiger partial charge is 0.395 e. The number of hydrogen-bond acceptors (Lipinski definition) is 5. The molecule has 2 aliphatic carbocycles. The molecule has 2 heterocycles. The zero-order chi connectivity index (χ0) is 22.3. The van der Waals surface area contributed by atoms with Crippen molar-refractivity contribution in [2.75, 3.05) is 25.1 Å². The minimum absolute atomic E-state index is 0.00719. The van der Waals surface area contributed by atoms with Crippen molar-refractivity contribution in [2.24, 2.45) is 0 Å². The molecule has 0 amide bonds. The number of ether oxygens (including phenoxy) is 1. The Labute approximate surface area is 190 Å². The van der Waals surface area contributed by atoms with Crippen LogP contribution in [0.2, 0.25) is 0 Å². The lowest BCUT2D eigenvalue weighted by Gasteiger charge is -2.43. The van der Waals surface area contributed by atoms with Crippen LogP contribution in [0.1, 0.15) is 76.0 Å². The van der Waals surface area contributed by atoms with Crippen LogP contribution in [-0.4, -0.2) is 40.0 Å². The van der Waals surface area contributed by atoms with Gasteiger partial charge in [-0.3, -0.25) is 9.36 Å². The van der Waals surface area contributed by atoms with Crippen molar-refractivity contribution in [1.82, 2.24) is 9.55 Å². The smallest absolute Gasteiger partial charge is 0.259 e. The molecule has 1 saturated heterocycles. The molecule has 0 bridgehead atoms. The molecular weight excluding hydrogens is 402 g/mol. The van der Waals surface area contributed by atoms with Gasteiger partial charge in [-0.2, -0.15) is 0 Å². The standard InChI is InChI=1S/C26H35N3O3/c1-25(2)17-19(10-15-32-25)29-23(31)21-22(28-24(29)27-13-14-30)20-9-5-4-8-18(20)16-26(21)11-6-3-7-12-26/h4-5,8-9,19,30H,3,6-7,10-17H2,1-2H3,(H,27,28)/t19-/m1/s1. The highest BCUT2D eigenvalue weighted by Crippen LogP contribution is 2.49. The summed E-state index contributed by atoms with van der Waals surface area (Å²) in [6, 6.07) is 8.47. The molecule has 6 nitrogen and oxygen atoms in total. The molecule has 1 aliphatic heterocycles. The van der Waals surface area contributed by atoms with Crippen molar-refractivity contribution < 1.29 is 9.84 Å². The van der Waals surface area contributed by atoms with E-state index in [4.69, 9.17) is 9.72 Å². The molecule has 1 atom stereocenters. The summed E-state index contributed by atoms with van der Waals surface area (Å²) >= 11 is 0. The summed E-state index contributed by atoms with van der Waals surface area (Å²) in [5.41, 5.74) is 3.87. The number of rotatable bonds is 4. The maximum atomic E-state index is 14.4. The first-order chi connectivity index (χ1) is 15.4. The molecule has 2 fully saturated rings. The van der Waals surface area contributed by atoms with E-state index in [2.05, 4.69) is 37.4 Å². The zero-order valence-electron chi connectivity index (χ0n) is 19.3. The van der Waals surface area contributed by atoms with Crippen LogP contribution < -0.4 is 10.9 Å². The van der Waals surface area contributed by atoms with Gasteiger partial charge in [-0.05, 0) is 51.5 Å². The first-order valence-corrected chi connectivity index (χ1v) is 12.2. The third kappa shape index (κ3) is 3.67. The predicted octanol–water partition coefficient (Wildman–Crippen LogP) is 4.20. The highest BCUT2D eigenvalue weighted by Gasteiger charge is 2.44. The van der Waals surface area contributed by atoms with E-state index in [9.17, 15) is 9.90 Å². The van der Waals surface area contributed by atoms with Gasteiger partial charge in [0.25, 0.3) is 5.56 Å². The van der Waals surface area contributed by atoms with Crippen LogP contribution in [0, 0.1) is 0 Å². The van der Waals surface area contributed by atoms with E-state index in [0.29, 0.717) is 19.1 Å². The fourth-order valence-corrected chi connectivity index (χ4v) is 6.27. The van der Waals surface area contributed by atoms with E-state index in [1.165, 1.54) is 12.0 Å². The third-order valence-corrected chi connectivity index (χ3v) is 7.69. The van der Waals surface area contributed by atoms with Crippen LogP contribution >= 0.6 is 0 Å². The molecular formula is C26H35N3O3. The van der Waals surface area contributed by atoms with Gasteiger partial charge in [0, 0.05) is 30.2 Å². The fourth-order valence-electron chi connectivity index (χ4n) is 6.27. The average Bonchev–Trinajstić information content (AvgIpc) is 2.77. The highest BCUT2D eigenvalue weighted by molar-refractivity contribution is 5.72. The van der Waals surface area contributed by atoms with E-state index < -0.39 is 0 Å². The van der Waals surface area contributed by atoms with E-state index >= 15 is 0 Å². The van der Waals surface area contributed by atoms with Crippen molar-refractivity contribution in [3.05, 3.63) is 45.7 Å². The first kappa shape index (κ1) is 21.7. The quantitative estimate of drug-likeness (QED) is 0.750. The lowest BCUT2D eigenvalue weighted by atomic mass is 9.62. The second kappa shape index (κ2) is 8.31. The summed E-state index contributed by atoms with van der Waals surface area (Å²) in [4.78, 5) is 19.5. The van der Waals surface area contributed by atoms with Crippen molar-refractivity contribution >= 4 is 5.95 Å². The van der Waals surface area contributed by atoms with Gasteiger partial charge < -0.3 is 15.2 Å². The van der Waals surface area contributed by atoms with E-state index in [1.807, 2.05) is 10.6 Å². The molecule has 32 heavy (non-hydrogen) atoms. The number of fused-ring (bicyclic) bond motifs is 4. The first-order valence-electron chi connectivity index (χ1n) is 12.2. The van der Waals surface area contributed by atoms with Crippen molar-refractivity contribution in [3.63, 3.8) is 0 Å². The number of hydrogen-bond donors (Lipinski definition) is 2. The molecule has 6 heteroatoms. The Balaban J connectivity index is 1.74. The Kier molecular flexibility index (Phi) is 5.62. The Hall–Kier alpha value is -2.18. The number of aliphatic hydroxyl groups excluding tert-OH is 1. The van der Waals surface area contributed by atoms with Crippen LogP contribution in [0.5, 0.6) is 0 Å². The van der Waals surface area contributed by atoms with Crippen LogP contribution in [-0.2, 0) is 16.6 Å². The fraction of sp³-hybridized carbons (Fsp3) is 0.615. The molecule has 1 saturated carbocycles. The van der Waals surface area contributed by atoms with Crippen LogP contribution in [0.15, 0.2) is 29.1 Å². The number of benzene rings is 1. The Morgan fingerprint density at radius 3 is 2.75 bits per heavy atom. The van der Waals surface area contributed by atoms with Gasteiger partial charge in [-0.25, -0.2) is 4.98 Å². The van der Waals surface area contributed by atoms with Crippen LogP contribution in [0.3, 0.4) is 0 Å². The summed E-state index contributed by atoms with van der Waals surface area (Å²) in [5.74, 6) is 0.577. The normalized spacial score (nSPS) is 23.4. The van der Waals surface area contributed by atoms with Gasteiger partial charge in [0.05, 0.1) is 23.5 Å². The Bertz CT molecular complexity index is 1050. The molecule has 1 aromatic heterocycles. The molecule has 3 aliphatic rings. The minimum Gasteiger partial charge on any atom is -0.395 e. The van der Waals surface area contributed by atoms with Crippen LogP contribution in [0.25, 0.3) is 11.3 Å². The van der Waals surface area contributed by atoms with Gasteiger partial charge in [0.15, 0.2) is 0 Å². The summed E-state index contributed by atoms with van der Waals surface area (Å²) in [7, 11) is 0. The highest BCUT2D eigenvalue weighted by atomic mass is 16.5. The van der Waals surface area contributed by atoms with Crippen molar-refractivity contribution in [3.8, 4) is 11.3 Å². The predicted molar refractivity (Wildman–Crippen MR) is 126 cm³/mol. The van der Waals surface area contributed by atoms with Gasteiger partial charge in [-0.1, -0.05) is 43.5 Å². The van der Waals surface area contributed by atoms with E-state index in [-0.39, 0.29) is 29.2 Å². The molecule has 2 N–H and O–H groups in total. The third-order valence-electron chi connectivity index (χ3n) is 7.69. The van der Waals surface area contributed by atoms with Gasteiger partial charge in [0.1, 0.15) is 0 Å². The average molecular weight is 438 g/mol. The van der Waals surface area contributed by atoms with Gasteiger partial charge in [-0.15, -0.1) is 0 Å². The second-order valence-corrected chi connectivity index (χ2v) is 10.4. The summed E-state index contributed by atoms with van der Waals surface area (Å²) in [6.45, 7) is 5.18. The number of nitrogens with one attached hydrogen (secondary N) is 1. The van der Waals surface area contributed by atoms with E-state index in [1.54, 1.807) is 0 Å². The molecule has 0 radical (unpaired) electrons.